The molecule has 1 N–H and O–H groups in total. The van der Waals surface area contributed by atoms with Gasteiger partial charge in [0.25, 0.3) is 0 Å². The molecule has 0 unspecified atom stereocenters. The van der Waals surface area contributed by atoms with Crippen molar-refractivity contribution in [2.24, 2.45) is 5.92 Å². The summed E-state index contributed by atoms with van der Waals surface area (Å²) in [5.41, 5.74) is 1.46. The van der Waals surface area contributed by atoms with E-state index in [1.165, 1.54) is 49.0 Å². The molecule has 5 heteroatoms. The second kappa shape index (κ2) is 8.38. The van der Waals surface area contributed by atoms with Gasteiger partial charge in [-0.3, -0.25) is 0 Å². The maximum Gasteiger partial charge on any atom is 0.185 e. The second-order valence-electron chi connectivity index (χ2n) is 5.35. The van der Waals surface area contributed by atoms with Crippen LogP contribution >= 0.6 is 34.5 Å². The van der Waals surface area contributed by atoms with E-state index < -0.39 is 0 Å². The van der Waals surface area contributed by atoms with Gasteiger partial charge >= 0.3 is 0 Å². The first-order valence-corrected chi connectivity index (χ1v) is 9.01. The summed E-state index contributed by atoms with van der Waals surface area (Å²) >= 11 is 13.5. The van der Waals surface area contributed by atoms with E-state index in [9.17, 15) is 0 Å². The summed E-state index contributed by atoms with van der Waals surface area (Å²) in [5, 5.41) is 4.05. The maximum atomic E-state index is 6.14. The third-order valence-corrected chi connectivity index (χ3v) is 5.29. The molecule has 1 aromatic rings. The molecule has 1 aliphatic carbocycles. The van der Waals surface area contributed by atoms with Gasteiger partial charge in [-0.2, -0.15) is 0 Å². The molecule has 1 aromatic heterocycles. The van der Waals surface area contributed by atoms with Crippen molar-refractivity contribution in [3.63, 3.8) is 0 Å². The van der Waals surface area contributed by atoms with Crippen molar-refractivity contribution in [1.82, 2.24) is 10.3 Å². The Morgan fingerprint density at radius 1 is 1.35 bits per heavy atom. The largest absolute Gasteiger partial charge is 0.313 e. The lowest BCUT2D eigenvalue weighted by atomic mass is 9.83. The average Bonchev–Trinajstić information content (AvgIpc) is 2.77. The van der Waals surface area contributed by atoms with Crippen molar-refractivity contribution in [1.29, 1.82) is 0 Å². The van der Waals surface area contributed by atoms with Gasteiger partial charge in [-0.1, -0.05) is 55.0 Å². The fourth-order valence-electron chi connectivity index (χ4n) is 2.74. The Balaban J connectivity index is 2.13. The second-order valence-corrected chi connectivity index (χ2v) is 7.32. The molecule has 0 amide bonds. The molecule has 112 valence electrons. The van der Waals surface area contributed by atoms with Gasteiger partial charge in [0.1, 0.15) is 5.15 Å². The lowest BCUT2D eigenvalue weighted by molar-refractivity contribution is 0.397. The van der Waals surface area contributed by atoms with Crippen LogP contribution in [0.5, 0.6) is 0 Å². The minimum atomic E-state index is 0.519. The molecule has 0 radical (unpaired) electrons. The lowest BCUT2D eigenvalue weighted by Gasteiger charge is -2.25. The molecule has 1 aliphatic rings. The first-order chi connectivity index (χ1) is 9.70. The molecule has 0 aromatic carbocycles. The van der Waals surface area contributed by atoms with Crippen molar-refractivity contribution >= 4 is 40.6 Å². The first-order valence-electron chi connectivity index (χ1n) is 7.43. The van der Waals surface area contributed by atoms with Crippen LogP contribution < -0.4 is 5.32 Å². The zero-order valence-electron chi connectivity index (χ0n) is 11.9. The van der Waals surface area contributed by atoms with E-state index in [0.717, 1.165) is 24.4 Å². The van der Waals surface area contributed by atoms with Crippen LogP contribution in [0.25, 0.3) is 6.08 Å². The third-order valence-electron chi connectivity index (χ3n) is 3.79. The van der Waals surface area contributed by atoms with Crippen LogP contribution in [0.2, 0.25) is 9.62 Å². The minimum absolute atomic E-state index is 0.519. The molecular formula is C15H22Cl2N2S. The van der Waals surface area contributed by atoms with Crippen LogP contribution in [-0.4, -0.2) is 18.1 Å². The highest BCUT2D eigenvalue weighted by Crippen LogP contribution is 2.34. The molecule has 1 fully saturated rings. The van der Waals surface area contributed by atoms with E-state index >= 15 is 0 Å². The van der Waals surface area contributed by atoms with Gasteiger partial charge in [0.15, 0.2) is 4.47 Å². The van der Waals surface area contributed by atoms with Gasteiger partial charge in [-0.15, -0.1) is 11.3 Å². The monoisotopic (exact) mass is 332 g/mol. The third kappa shape index (κ3) is 4.73. The van der Waals surface area contributed by atoms with Crippen LogP contribution in [0, 0.1) is 5.92 Å². The van der Waals surface area contributed by atoms with Gasteiger partial charge in [0, 0.05) is 6.54 Å². The van der Waals surface area contributed by atoms with Crippen molar-refractivity contribution < 1.29 is 0 Å². The quantitative estimate of drug-likeness (QED) is 0.704. The SMILES string of the molecule is CCCNCC(=Cc1sc(Cl)nc1Cl)C1CCCCC1. The molecule has 0 aliphatic heterocycles. The molecular weight excluding hydrogens is 311 g/mol. The number of hydrogen-bond donors (Lipinski definition) is 1. The van der Waals surface area contributed by atoms with E-state index in [0.29, 0.717) is 15.5 Å². The molecule has 1 saturated carbocycles. The highest BCUT2D eigenvalue weighted by molar-refractivity contribution is 7.17. The Kier molecular flexibility index (Phi) is 6.82. The summed E-state index contributed by atoms with van der Waals surface area (Å²) in [5.74, 6) is 0.685. The van der Waals surface area contributed by atoms with Gasteiger partial charge in [-0.05, 0) is 37.8 Å². The fraction of sp³-hybridized carbons (Fsp3) is 0.667. The summed E-state index contributed by atoms with van der Waals surface area (Å²) in [7, 11) is 0. The van der Waals surface area contributed by atoms with Gasteiger partial charge < -0.3 is 5.32 Å². The summed E-state index contributed by atoms with van der Waals surface area (Å²) in [6, 6.07) is 0. The Hall–Kier alpha value is -0.0900. The van der Waals surface area contributed by atoms with E-state index in [-0.39, 0.29) is 0 Å². The highest BCUT2D eigenvalue weighted by atomic mass is 35.5. The number of rotatable bonds is 6. The van der Waals surface area contributed by atoms with E-state index in [2.05, 4.69) is 23.3 Å². The number of aromatic nitrogens is 1. The molecule has 1 heterocycles. The van der Waals surface area contributed by atoms with Crippen molar-refractivity contribution in [3.8, 4) is 0 Å². The Labute approximate surface area is 135 Å². The van der Waals surface area contributed by atoms with Gasteiger partial charge in [-0.25, -0.2) is 4.98 Å². The van der Waals surface area contributed by atoms with E-state index in [1.54, 1.807) is 0 Å². The number of thiazole rings is 1. The Morgan fingerprint density at radius 3 is 2.70 bits per heavy atom. The fourth-order valence-corrected chi connectivity index (χ4v) is 4.08. The topological polar surface area (TPSA) is 24.9 Å². The number of nitrogens with zero attached hydrogens (tertiary/aromatic N) is 1. The summed E-state index contributed by atoms with van der Waals surface area (Å²) in [6.45, 7) is 4.20. The van der Waals surface area contributed by atoms with Crippen LogP contribution in [-0.2, 0) is 0 Å². The van der Waals surface area contributed by atoms with Crippen molar-refractivity contribution in [3.05, 3.63) is 20.1 Å². The zero-order chi connectivity index (χ0) is 14.4. The first kappa shape index (κ1) is 16.3. The molecule has 0 bridgehead atoms. The number of nitrogens with one attached hydrogen (secondary N) is 1. The van der Waals surface area contributed by atoms with E-state index in [4.69, 9.17) is 23.2 Å². The number of hydrogen-bond acceptors (Lipinski definition) is 3. The average molecular weight is 333 g/mol. The van der Waals surface area contributed by atoms with E-state index in [1.807, 2.05) is 0 Å². The standard InChI is InChI=1S/C15H22Cl2N2S/c1-2-8-18-10-12(11-6-4-3-5-7-11)9-13-14(16)19-15(17)20-13/h9,11,18H,2-8,10H2,1H3. The summed E-state index contributed by atoms with van der Waals surface area (Å²) < 4.78 is 0.519. The maximum absolute atomic E-state index is 6.14. The highest BCUT2D eigenvalue weighted by Gasteiger charge is 2.18. The van der Waals surface area contributed by atoms with Crippen molar-refractivity contribution in [2.75, 3.05) is 13.1 Å². The summed E-state index contributed by atoms with van der Waals surface area (Å²) in [4.78, 5) is 5.09. The normalized spacial score (nSPS) is 17.6. The summed E-state index contributed by atoms with van der Waals surface area (Å²) in [6.07, 6.45) is 10.0. The smallest absolute Gasteiger partial charge is 0.185 e. The Bertz CT molecular complexity index is 451. The molecule has 2 nitrogen and oxygen atoms in total. The van der Waals surface area contributed by atoms with Crippen molar-refractivity contribution in [2.45, 2.75) is 45.4 Å². The molecule has 2 rings (SSSR count). The van der Waals surface area contributed by atoms with Crippen LogP contribution in [0.4, 0.5) is 0 Å². The molecule has 20 heavy (non-hydrogen) atoms. The van der Waals surface area contributed by atoms with Gasteiger partial charge in [0.2, 0.25) is 0 Å². The van der Waals surface area contributed by atoms with Crippen LogP contribution in [0.3, 0.4) is 0 Å². The van der Waals surface area contributed by atoms with Crippen LogP contribution in [0.15, 0.2) is 5.57 Å². The van der Waals surface area contributed by atoms with Crippen LogP contribution in [0.1, 0.15) is 50.3 Å². The molecule has 0 spiro atoms. The molecule has 0 atom stereocenters. The lowest BCUT2D eigenvalue weighted by Crippen LogP contribution is -2.22. The predicted molar refractivity (Wildman–Crippen MR) is 89.8 cm³/mol. The Morgan fingerprint density at radius 2 is 2.10 bits per heavy atom. The predicted octanol–water partition coefficient (Wildman–Crippen LogP) is 5.41. The zero-order valence-corrected chi connectivity index (χ0v) is 14.3. The number of halogens is 2. The van der Waals surface area contributed by atoms with Gasteiger partial charge in [0.05, 0.1) is 4.88 Å². The molecule has 0 saturated heterocycles. The minimum Gasteiger partial charge on any atom is -0.313 e.